The Morgan fingerprint density at radius 3 is 1.40 bits per heavy atom. The minimum atomic E-state index is 0.490. The van der Waals surface area contributed by atoms with E-state index < -0.39 is 0 Å². The van der Waals surface area contributed by atoms with Crippen molar-refractivity contribution in [2.24, 2.45) is 0 Å². The summed E-state index contributed by atoms with van der Waals surface area (Å²) in [5.41, 5.74) is 7.15. The molecule has 132 valence electrons. The van der Waals surface area contributed by atoms with E-state index in [-0.39, 0.29) is 0 Å². The Hall–Kier alpha value is -2.96. The van der Waals surface area contributed by atoms with E-state index in [9.17, 15) is 10.4 Å². The lowest BCUT2D eigenvalue weighted by molar-refractivity contribution is 0.224. The number of nitrogens with one attached hydrogen (secondary N) is 2. The number of hydroxylamine groups is 2. The van der Waals surface area contributed by atoms with E-state index in [2.05, 4.69) is 11.0 Å². The summed E-state index contributed by atoms with van der Waals surface area (Å²) in [6.07, 6.45) is 4.11. The van der Waals surface area contributed by atoms with Crippen molar-refractivity contribution in [3.63, 3.8) is 0 Å². The van der Waals surface area contributed by atoms with Gasteiger partial charge in [-0.05, 0) is 66.1 Å². The molecule has 0 aliphatic heterocycles. The second kappa shape index (κ2) is 9.36. The van der Waals surface area contributed by atoms with Gasteiger partial charge in [0.2, 0.25) is 0 Å². The molecule has 0 fully saturated rings. The summed E-state index contributed by atoms with van der Waals surface area (Å²) in [6.45, 7) is 0. The molecule has 0 aromatic heterocycles. The Kier molecular flexibility index (Phi) is 6.88. The highest BCUT2D eigenvalue weighted by molar-refractivity contribution is 5.66. The second-order valence-corrected chi connectivity index (χ2v) is 5.15. The van der Waals surface area contributed by atoms with Crippen LogP contribution < -0.4 is 20.4 Å². The fraction of sp³-hybridized carbons (Fsp3) is 0.158. The van der Waals surface area contributed by atoms with Crippen LogP contribution in [0.4, 0.5) is 0 Å². The summed E-state index contributed by atoms with van der Waals surface area (Å²) < 4.78 is 10.2. The number of ether oxygens (including phenoxy) is 2. The third-order valence-corrected chi connectivity index (χ3v) is 3.69. The highest BCUT2D eigenvalue weighted by Crippen LogP contribution is 2.19. The third-order valence-electron chi connectivity index (χ3n) is 3.69. The van der Waals surface area contributed by atoms with E-state index in [0.29, 0.717) is 17.8 Å². The van der Waals surface area contributed by atoms with Crippen LogP contribution in [0.15, 0.2) is 60.7 Å². The van der Waals surface area contributed by atoms with Crippen molar-refractivity contribution in [3.05, 3.63) is 71.8 Å². The molecule has 0 radical (unpaired) electrons. The van der Waals surface area contributed by atoms with E-state index in [1.54, 1.807) is 14.2 Å². The molecule has 0 unspecified atom stereocenters. The third kappa shape index (κ3) is 5.00. The number of hydrogen-bond donors (Lipinski definition) is 4. The summed E-state index contributed by atoms with van der Waals surface area (Å²) in [6, 6.07) is 14.6. The molecule has 0 heterocycles. The van der Waals surface area contributed by atoms with Crippen LogP contribution >= 0.6 is 0 Å². The normalized spacial score (nSPS) is 11.8. The maximum absolute atomic E-state index is 9.35. The maximum atomic E-state index is 9.35. The van der Waals surface area contributed by atoms with Gasteiger partial charge in [-0.3, -0.25) is 21.4 Å². The molecule has 2 aromatic carbocycles. The lowest BCUT2D eigenvalue weighted by atomic mass is 10.1. The number of benzene rings is 2. The molecule has 0 aliphatic rings. The first-order chi connectivity index (χ1) is 12.2. The van der Waals surface area contributed by atoms with Gasteiger partial charge in [0, 0.05) is 0 Å². The zero-order chi connectivity index (χ0) is 18.1. The molecule has 0 saturated carbocycles. The predicted molar refractivity (Wildman–Crippen MR) is 96.4 cm³/mol. The van der Waals surface area contributed by atoms with Gasteiger partial charge in [0.25, 0.3) is 0 Å². The van der Waals surface area contributed by atoms with Crippen LogP contribution in [-0.4, -0.2) is 24.6 Å². The van der Waals surface area contributed by atoms with Gasteiger partial charge >= 0.3 is 0 Å². The molecular formula is C19H22N2O4. The lowest BCUT2D eigenvalue weighted by Gasteiger charge is -2.08. The zero-order valence-electron chi connectivity index (χ0n) is 14.2. The van der Waals surface area contributed by atoms with E-state index in [4.69, 9.17) is 9.47 Å². The van der Waals surface area contributed by atoms with E-state index in [1.807, 2.05) is 60.7 Å². The van der Waals surface area contributed by atoms with Crippen LogP contribution in [0, 0.1) is 0 Å². The maximum Gasteiger partial charge on any atom is 0.118 e. The molecule has 0 saturated heterocycles. The monoisotopic (exact) mass is 342 g/mol. The minimum Gasteiger partial charge on any atom is -0.497 e. The summed E-state index contributed by atoms with van der Waals surface area (Å²) in [5.74, 6) is 1.49. The number of rotatable bonds is 8. The van der Waals surface area contributed by atoms with Gasteiger partial charge in [0.15, 0.2) is 0 Å². The van der Waals surface area contributed by atoms with Gasteiger partial charge in [-0.15, -0.1) is 0 Å². The van der Waals surface area contributed by atoms with E-state index >= 15 is 0 Å². The Bertz CT molecular complexity index is 659. The zero-order valence-corrected chi connectivity index (χ0v) is 14.2. The minimum absolute atomic E-state index is 0.490. The topological polar surface area (TPSA) is 83.0 Å². The van der Waals surface area contributed by atoms with Crippen LogP contribution in [0.5, 0.6) is 11.5 Å². The average Bonchev–Trinajstić information content (AvgIpc) is 2.68. The summed E-state index contributed by atoms with van der Waals surface area (Å²) >= 11 is 0. The van der Waals surface area contributed by atoms with Gasteiger partial charge in [-0.2, -0.15) is 0 Å². The van der Waals surface area contributed by atoms with Crippen molar-refractivity contribution in [3.8, 4) is 11.5 Å². The molecule has 0 amide bonds. The number of methoxy groups -OCH3 is 2. The summed E-state index contributed by atoms with van der Waals surface area (Å²) in [5, 5.41) is 18.7. The Morgan fingerprint density at radius 2 is 1.12 bits per heavy atom. The fourth-order valence-electron chi connectivity index (χ4n) is 2.29. The molecule has 6 heteroatoms. The molecule has 0 spiro atoms. The van der Waals surface area contributed by atoms with Crippen molar-refractivity contribution in [2.75, 3.05) is 14.2 Å². The average molecular weight is 342 g/mol. The molecule has 25 heavy (non-hydrogen) atoms. The van der Waals surface area contributed by atoms with Gasteiger partial charge in [-0.25, -0.2) is 0 Å². The van der Waals surface area contributed by atoms with Crippen LogP contribution in [-0.2, 0) is 0 Å². The quantitative estimate of drug-likeness (QED) is 0.550. The largest absolute Gasteiger partial charge is 0.497 e. The lowest BCUT2D eigenvalue weighted by Crippen LogP contribution is -2.07. The Balaban J connectivity index is 2.13. The highest BCUT2D eigenvalue weighted by atomic mass is 16.5. The fourth-order valence-corrected chi connectivity index (χ4v) is 2.29. The number of allylic oxidation sites excluding steroid dienone is 2. The molecule has 0 atom stereocenters. The van der Waals surface area contributed by atoms with Crippen molar-refractivity contribution in [1.82, 2.24) is 11.0 Å². The first-order valence-corrected chi connectivity index (χ1v) is 7.71. The molecule has 0 bridgehead atoms. The molecule has 2 rings (SSSR count). The smallest absolute Gasteiger partial charge is 0.118 e. The highest BCUT2D eigenvalue weighted by Gasteiger charge is 2.02. The van der Waals surface area contributed by atoms with Crippen molar-refractivity contribution in [2.45, 2.75) is 6.42 Å². The molecule has 6 nitrogen and oxygen atoms in total. The Morgan fingerprint density at radius 1 is 0.760 bits per heavy atom. The van der Waals surface area contributed by atoms with Crippen LogP contribution in [0.1, 0.15) is 17.5 Å². The van der Waals surface area contributed by atoms with E-state index in [1.165, 1.54) is 0 Å². The molecule has 4 N–H and O–H groups in total. The predicted octanol–water partition coefficient (Wildman–Crippen LogP) is 3.43. The van der Waals surface area contributed by atoms with Gasteiger partial charge in [-0.1, -0.05) is 12.2 Å². The second-order valence-electron chi connectivity index (χ2n) is 5.15. The SMILES string of the molecule is COc1ccc(C(=CCC=C(NO)c2ccc(OC)cc2)NO)cc1. The van der Waals surface area contributed by atoms with Crippen LogP contribution in [0.3, 0.4) is 0 Å². The van der Waals surface area contributed by atoms with E-state index in [0.717, 1.165) is 22.6 Å². The van der Waals surface area contributed by atoms with Crippen molar-refractivity contribution in [1.29, 1.82) is 0 Å². The first-order valence-electron chi connectivity index (χ1n) is 7.71. The van der Waals surface area contributed by atoms with Gasteiger partial charge < -0.3 is 9.47 Å². The Labute approximate surface area is 146 Å². The standard InChI is InChI=1S/C19H22N2O4/c1-24-16-10-6-14(7-11-16)18(20-22)4-3-5-19(21-23)15-8-12-17(25-2)13-9-15/h4-13,20-23H,3H2,1-2H3. The summed E-state index contributed by atoms with van der Waals surface area (Å²) in [4.78, 5) is 0. The molecular weight excluding hydrogens is 320 g/mol. The summed E-state index contributed by atoms with van der Waals surface area (Å²) in [7, 11) is 3.20. The van der Waals surface area contributed by atoms with Crippen LogP contribution in [0.25, 0.3) is 11.4 Å². The molecule has 2 aromatic rings. The number of hydrogen-bond acceptors (Lipinski definition) is 6. The van der Waals surface area contributed by atoms with Crippen molar-refractivity contribution >= 4 is 11.4 Å². The first kappa shape index (κ1) is 18.4. The van der Waals surface area contributed by atoms with Crippen molar-refractivity contribution < 1.29 is 19.9 Å². The van der Waals surface area contributed by atoms with Crippen LogP contribution in [0.2, 0.25) is 0 Å². The van der Waals surface area contributed by atoms with Gasteiger partial charge in [0.05, 0.1) is 25.6 Å². The van der Waals surface area contributed by atoms with Gasteiger partial charge in [0.1, 0.15) is 11.5 Å². The molecule has 0 aliphatic carbocycles.